The SMILES string of the molecule is OC[C@H](N[C@@H]1C[C@H]2C[C@H]1[C@H]1CCC[C@@H]21)c1ccccc1. The van der Waals surface area contributed by atoms with Gasteiger partial charge in [0.15, 0.2) is 0 Å². The van der Waals surface area contributed by atoms with Crippen LogP contribution in [0.3, 0.4) is 0 Å². The standard InChI is InChI=1S/C18H25NO/c20-11-18(12-5-2-1-3-6-12)19-17-10-13-9-16(17)15-8-4-7-14(13)15/h1-3,5-6,13-20H,4,7-11H2/t13-,14+,15+,16+,17-,18+/m1/s1. The van der Waals surface area contributed by atoms with Crippen molar-refractivity contribution in [2.24, 2.45) is 23.7 Å². The average molecular weight is 271 g/mol. The number of aliphatic hydroxyl groups is 1. The van der Waals surface area contributed by atoms with E-state index in [-0.39, 0.29) is 12.6 Å². The first-order valence-corrected chi connectivity index (χ1v) is 8.28. The van der Waals surface area contributed by atoms with E-state index >= 15 is 0 Å². The molecule has 0 heterocycles. The molecule has 0 radical (unpaired) electrons. The van der Waals surface area contributed by atoms with Crippen LogP contribution in [0.15, 0.2) is 30.3 Å². The van der Waals surface area contributed by atoms with Crippen LogP contribution in [0.5, 0.6) is 0 Å². The van der Waals surface area contributed by atoms with E-state index in [0.29, 0.717) is 6.04 Å². The van der Waals surface area contributed by atoms with Gasteiger partial charge in [0, 0.05) is 6.04 Å². The van der Waals surface area contributed by atoms with Crippen LogP contribution < -0.4 is 5.32 Å². The lowest BCUT2D eigenvalue weighted by Gasteiger charge is -2.34. The van der Waals surface area contributed by atoms with Gasteiger partial charge in [-0.1, -0.05) is 36.8 Å². The molecular weight excluding hydrogens is 246 g/mol. The topological polar surface area (TPSA) is 32.3 Å². The summed E-state index contributed by atoms with van der Waals surface area (Å²) < 4.78 is 0. The number of aliphatic hydroxyl groups excluding tert-OH is 1. The second-order valence-corrected chi connectivity index (χ2v) is 7.07. The van der Waals surface area contributed by atoms with Crippen LogP contribution in [0, 0.1) is 23.7 Å². The number of rotatable bonds is 4. The van der Waals surface area contributed by atoms with Crippen LogP contribution in [0.2, 0.25) is 0 Å². The smallest absolute Gasteiger partial charge is 0.0626 e. The van der Waals surface area contributed by atoms with Crippen molar-refractivity contribution in [1.82, 2.24) is 5.32 Å². The summed E-state index contributed by atoms with van der Waals surface area (Å²) in [5.74, 6) is 3.88. The van der Waals surface area contributed by atoms with Gasteiger partial charge in [0.1, 0.15) is 0 Å². The van der Waals surface area contributed by atoms with Crippen molar-refractivity contribution < 1.29 is 5.11 Å². The quantitative estimate of drug-likeness (QED) is 0.882. The monoisotopic (exact) mass is 271 g/mol. The van der Waals surface area contributed by atoms with E-state index in [1.165, 1.54) is 37.7 Å². The normalized spacial score (nSPS) is 40.0. The Hall–Kier alpha value is -0.860. The largest absolute Gasteiger partial charge is 0.394 e. The highest BCUT2D eigenvalue weighted by Gasteiger charge is 2.53. The summed E-state index contributed by atoms with van der Waals surface area (Å²) in [4.78, 5) is 0. The number of fused-ring (bicyclic) bond motifs is 5. The van der Waals surface area contributed by atoms with Crippen molar-refractivity contribution in [2.45, 2.75) is 44.2 Å². The van der Waals surface area contributed by atoms with Gasteiger partial charge >= 0.3 is 0 Å². The summed E-state index contributed by atoms with van der Waals surface area (Å²) in [5, 5.41) is 13.5. The third-order valence-corrected chi connectivity index (χ3v) is 6.23. The first-order valence-electron chi connectivity index (χ1n) is 8.28. The maximum Gasteiger partial charge on any atom is 0.0626 e. The Morgan fingerprint density at radius 1 is 1.05 bits per heavy atom. The third-order valence-electron chi connectivity index (χ3n) is 6.23. The molecule has 0 amide bonds. The molecule has 0 unspecified atom stereocenters. The van der Waals surface area contributed by atoms with Crippen molar-refractivity contribution in [3.8, 4) is 0 Å². The van der Waals surface area contributed by atoms with Crippen molar-refractivity contribution in [3.05, 3.63) is 35.9 Å². The lowest BCUT2D eigenvalue weighted by molar-refractivity contribution is 0.171. The minimum absolute atomic E-state index is 0.111. The fourth-order valence-corrected chi connectivity index (χ4v) is 5.46. The van der Waals surface area contributed by atoms with Crippen molar-refractivity contribution in [2.75, 3.05) is 6.61 Å². The van der Waals surface area contributed by atoms with Gasteiger partial charge in [-0.05, 0) is 54.9 Å². The van der Waals surface area contributed by atoms with Gasteiger partial charge in [-0.15, -0.1) is 0 Å². The van der Waals surface area contributed by atoms with Crippen LogP contribution in [0.4, 0.5) is 0 Å². The van der Waals surface area contributed by atoms with Crippen LogP contribution in [0.1, 0.15) is 43.7 Å². The molecule has 2 heteroatoms. The molecule has 0 aliphatic heterocycles. The molecule has 1 aromatic rings. The molecule has 108 valence electrons. The van der Waals surface area contributed by atoms with Gasteiger partial charge in [0.25, 0.3) is 0 Å². The Balaban J connectivity index is 1.47. The van der Waals surface area contributed by atoms with E-state index in [1.54, 1.807) is 0 Å². The Kier molecular flexibility index (Phi) is 3.31. The molecule has 3 aliphatic rings. The molecule has 1 aromatic carbocycles. The van der Waals surface area contributed by atoms with E-state index in [9.17, 15) is 5.11 Å². The van der Waals surface area contributed by atoms with E-state index in [4.69, 9.17) is 0 Å². The number of hydrogen-bond acceptors (Lipinski definition) is 2. The van der Waals surface area contributed by atoms with Crippen molar-refractivity contribution in [1.29, 1.82) is 0 Å². The molecule has 0 aromatic heterocycles. The highest BCUT2D eigenvalue weighted by molar-refractivity contribution is 5.19. The van der Waals surface area contributed by atoms with Crippen molar-refractivity contribution in [3.63, 3.8) is 0 Å². The fourth-order valence-electron chi connectivity index (χ4n) is 5.46. The van der Waals surface area contributed by atoms with Crippen LogP contribution in [-0.2, 0) is 0 Å². The zero-order valence-corrected chi connectivity index (χ0v) is 12.0. The molecule has 3 saturated carbocycles. The maximum atomic E-state index is 9.73. The fraction of sp³-hybridized carbons (Fsp3) is 0.667. The number of benzene rings is 1. The minimum Gasteiger partial charge on any atom is -0.394 e. The van der Waals surface area contributed by atoms with Crippen LogP contribution in [-0.4, -0.2) is 17.8 Å². The van der Waals surface area contributed by atoms with E-state index in [2.05, 4.69) is 29.6 Å². The first kappa shape index (κ1) is 12.8. The van der Waals surface area contributed by atoms with Gasteiger partial charge in [0.05, 0.1) is 12.6 Å². The predicted octanol–water partition coefficient (Wildman–Crippen LogP) is 3.13. The summed E-state index contributed by atoms with van der Waals surface area (Å²) in [5.41, 5.74) is 1.22. The Bertz CT molecular complexity index is 460. The van der Waals surface area contributed by atoms with Gasteiger partial charge in [-0.2, -0.15) is 0 Å². The molecule has 2 N–H and O–H groups in total. The van der Waals surface area contributed by atoms with Gasteiger partial charge in [-0.3, -0.25) is 0 Å². The summed E-state index contributed by atoms with van der Waals surface area (Å²) in [6, 6.07) is 11.2. The maximum absolute atomic E-state index is 9.73. The second-order valence-electron chi connectivity index (χ2n) is 7.07. The summed E-state index contributed by atoms with van der Waals surface area (Å²) in [7, 11) is 0. The van der Waals surface area contributed by atoms with E-state index in [0.717, 1.165) is 23.7 Å². The summed E-state index contributed by atoms with van der Waals surface area (Å²) >= 11 is 0. The lowest BCUT2D eigenvalue weighted by atomic mass is 9.79. The van der Waals surface area contributed by atoms with Gasteiger partial charge < -0.3 is 10.4 Å². The molecule has 4 rings (SSSR count). The molecular formula is C18H25NO. The molecule has 6 atom stereocenters. The second kappa shape index (κ2) is 5.16. The van der Waals surface area contributed by atoms with Crippen molar-refractivity contribution >= 4 is 0 Å². The lowest BCUT2D eigenvalue weighted by Crippen LogP contribution is -2.42. The summed E-state index contributed by atoms with van der Waals surface area (Å²) in [6.45, 7) is 0.200. The zero-order valence-electron chi connectivity index (χ0n) is 12.0. The predicted molar refractivity (Wildman–Crippen MR) is 80.2 cm³/mol. The average Bonchev–Trinajstić information content (AvgIpc) is 3.18. The molecule has 2 bridgehead atoms. The summed E-state index contributed by atoms with van der Waals surface area (Å²) in [6.07, 6.45) is 7.19. The van der Waals surface area contributed by atoms with Gasteiger partial charge in [0.2, 0.25) is 0 Å². The Labute approximate surface area is 121 Å². The van der Waals surface area contributed by atoms with Crippen LogP contribution in [0.25, 0.3) is 0 Å². The third kappa shape index (κ3) is 2.01. The number of hydrogen-bond donors (Lipinski definition) is 2. The van der Waals surface area contributed by atoms with E-state index in [1.807, 2.05) is 6.07 Å². The minimum atomic E-state index is 0.111. The van der Waals surface area contributed by atoms with Crippen LogP contribution >= 0.6 is 0 Å². The first-order chi connectivity index (χ1) is 9.86. The molecule has 0 saturated heterocycles. The Morgan fingerprint density at radius 3 is 2.65 bits per heavy atom. The molecule has 3 aliphatic carbocycles. The van der Waals surface area contributed by atoms with E-state index < -0.39 is 0 Å². The molecule has 2 nitrogen and oxygen atoms in total. The zero-order chi connectivity index (χ0) is 13.5. The molecule has 3 fully saturated rings. The number of nitrogens with one attached hydrogen (secondary N) is 1. The highest BCUT2D eigenvalue weighted by atomic mass is 16.3. The Morgan fingerprint density at radius 2 is 1.85 bits per heavy atom. The molecule has 20 heavy (non-hydrogen) atoms. The highest BCUT2D eigenvalue weighted by Crippen LogP contribution is 2.58. The van der Waals surface area contributed by atoms with Gasteiger partial charge in [-0.25, -0.2) is 0 Å². The molecule has 0 spiro atoms.